The van der Waals surface area contributed by atoms with Gasteiger partial charge in [0, 0.05) is 12.6 Å². The molecule has 9 heteroatoms. The molecular weight excluding hydrogens is 514 g/mol. The minimum Gasteiger partial charge on any atom is -0.497 e. The lowest BCUT2D eigenvalue weighted by atomic mass is 10.1. The van der Waals surface area contributed by atoms with Crippen LogP contribution < -0.4 is 14.4 Å². The molecule has 3 aromatic carbocycles. The Morgan fingerprint density at radius 2 is 1.49 bits per heavy atom. The molecule has 0 aromatic heterocycles. The average Bonchev–Trinajstić information content (AvgIpc) is 2.94. The third-order valence-electron chi connectivity index (χ3n) is 6.27. The lowest BCUT2D eigenvalue weighted by molar-refractivity contribution is -0.139. The highest BCUT2D eigenvalue weighted by Gasteiger charge is 2.33. The zero-order valence-electron chi connectivity index (χ0n) is 22.9. The zero-order chi connectivity index (χ0) is 28.4. The highest BCUT2D eigenvalue weighted by atomic mass is 32.2. The molecule has 2 amide bonds. The normalized spacial score (nSPS) is 12.0. The van der Waals surface area contributed by atoms with Crippen LogP contribution in [0.1, 0.15) is 32.8 Å². The summed E-state index contributed by atoms with van der Waals surface area (Å²) in [6.45, 7) is 5.37. The van der Waals surface area contributed by atoms with Crippen molar-refractivity contribution < 1.29 is 22.7 Å². The van der Waals surface area contributed by atoms with Crippen LogP contribution in [0.15, 0.2) is 89.8 Å². The highest BCUT2D eigenvalue weighted by molar-refractivity contribution is 7.92. The summed E-state index contributed by atoms with van der Waals surface area (Å²) in [5.41, 5.74) is 1.37. The van der Waals surface area contributed by atoms with Crippen LogP contribution in [0, 0.1) is 0 Å². The molecule has 0 saturated heterocycles. The lowest BCUT2D eigenvalue weighted by Gasteiger charge is -2.33. The van der Waals surface area contributed by atoms with Gasteiger partial charge in [0.15, 0.2) is 0 Å². The van der Waals surface area contributed by atoms with Gasteiger partial charge in [-0.1, -0.05) is 55.5 Å². The number of methoxy groups -OCH3 is 1. The number of benzene rings is 3. The number of anilines is 1. The molecule has 39 heavy (non-hydrogen) atoms. The summed E-state index contributed by atoms with van der Waals surface area (Å²) in [5, 5.41) is 2.90. The van der Waals surface area contributed by atoms with E-state index in [0.29, 0.717) is 24.3 Å². The van der Waals surface area contributed by atoms with E-state index in [2.05, 4.69) is 5.32 Å². The molecule has 0 aliphatic rings. The summed E-state index contributed by atoms with van der Waals surface area (Å²) in [7, 11) is -2.61. The van der Waals surface area contributed by atoms with Gasteiger partial charge in [0.1, 0.15) is 18.3 Å². The molecule has 0 saturated carbocycles. The number of nitrogens with one attached hydrogen (secondary N) is 1. The monoisotopic (exact) mass is 551 g/mol. The van der Waals surface area contributed by atoms with Gasteiger partial charge in [-0.25, -0.2) is 8.42 Å². The van der Waals surface area contributed by atoms with Gasteiger partial charge in [-0.3, -0.25) is 13.9 Å². The van der Waals surface area contributed by atoms with Crippen molar-refractivity contribution in [3.8, 4) is 5.75 Å². The maximum Gasteiger partial charge on any atom is 0.264 e. The van der Waals surface area contributed by atoms with Crippen LogP contribution in [-0.4, -0.2) is 57.4 Å². The Hall–Kier alpha value is -3.85. The first-order valence-electron chi connectivity index (χ1n) is 13.0. The first kappa shape index (κ1) is 29.7. The van der Waals surface area contributed by atoms with Crippen LogP contribution >= 0.6 is 0 Å². The predicted octanol–water partition coefficient (Wildman–Crippen LogP) is 4.27. The SMILES string of the molecule is CC[C@H](C(=O)NC(C)C)N(CCc1ccccc1)C(=O)CN(c1ccccc1)S(=O)(=O)c1ccc(OC)cc1. The number of ether oxygens (including phenoxy) is 1. The molecule has 1 N–H and O–H groups in total. The number of para-hydroxylation sites is 1. The Kier molecular flexibility index (Phi) is 10.5. The van der Waals surface area contributed by atoms with E-state index in [9.17, 15) is 18.0 Å². The van der Waals surface area contributed by atoms with Crippen LogP contribution in [0.25, 0.3) is 0 Å². The van der Waals surface area contributed by atoms with Crippen molar-refractivity contribution in [1.29, 1.82) is 0 Å². The van der Waals surface area contributed by atoms with E-state index in [1.165, 1.54) is 24.1 Å². The number of hydrogen-bond acceptors (Lipinski definition) is 5. The molecule has 0 aliphatic heterocycles. The molecule has 3 aromatic rings. The molecular formula is C30H37N3O5S. The minimum absolute atomic E-state index is 0.0281. The van der Waals surface area contributed by atoms with E-state index < -0.39 is 28.5 Å². The summed E-state index contributed by atoms with van der Waals surface area (Å²) in [4.78, 5) is 28.6. The van der Waals surface area contributed by atoms with Gasteiger partial charge in [0.05, 0.1) is 17.7 Å². The molecule has 0 fully saturated rings. The van der Waals surface area contributed by atoms with Gasteiger partial charge >= 0.3 is 0 Å². The molecule has 0 heterocycles. The van der Waals surface area contributed by atoms with Crippen molar-refractivity contribution in [2.75, 3.05) is 24.5 Å². The van der Waals surface area contributed by atoms with E-state index in [1.807, 2.05) is 51.1 Å². The Morgan fingerprint density at radius 1 is 0.897 bits per heavy atom. The average molecular weight is 552 g/mol. The van der Waals surface area contributed by atoms with Gasteiger partial charge in [0.25, 0.3) is 10.0 Å². The molecule has 0 radical (unpaired) electrons. The lowest BCUT2D eigenvalue weighted by Crippen LogP contribution is -2.54. The first-order valence-corrected chi connectivity index (χ1v) is 14.5. The van der Waals surface area contributed by atoms with E-state index >= 15 is 0 Å². The quantitative estimate of drug-likeness (QED) is 0.342. The Bertz CT molecular complexity index is 1310. The molecule has 0 bridgehead atoms. The van der Waals surface area contributed by atoms with E-state index in [1.54, 1.807) is 42.5 Å². The number of sulfonamides is 1. The molecule has 8 nitrogen and oxygen atoms in total. The molecule has 0 spiro atoms. The number of hydrogen-bond donors (Lipinski definition) is 1. The van der Waals surface area contributed by atoms with Crippen molar-refractivity contribution in [2.45, 2.75) is 50.6 Å². The maximum atomic E-state index is 13.9. The molecule has 0 unspecified atom stereocenters. The predicted molar refractivity (Wildman–Crippen MR) is 153 cm³/mol. The topological polar surface area (TPSA) is 96.0 Å². The minimum atomic E-state index is -4.12. The van der Waals surface area contributed by atoms with Gasteiger partial charge in [-0.2, -0.15) is 0 Å². The largest absolute Gasteiger partial charge is 0.497 e. The first-order chi connectivity index (χ1) is 18.7. The van der Waals surface area contributed by atoms with Crippen molar-refractivity contribution in [3.05, 3.63) is 90.5 Å². The van der Waals surface area contributed by atoms with Crippen LogP contribution in [0.5, 0.6) is 5.75 Å². The molecule has 208 valence electrons. The number of nitrogens with zero attached hydrogens (tertiary/aromatic N) is 2. The second-order valence-electron chi connectivity index (χ2n) is 9.43. The van der Waals surface area contributed by atoms with E-state index in [-0.39, 0.29) is 23.4 Å². The Morgan fingerprint density at radius 3 is 2.03 bits per heavy atom. The summed E-state index contributed by atoms with van der Waals surface area (Å²) in [6.07, 6.45) is 0.907. The van der Waals surface area contributed by atoms with Gasteiger partial charge < -0.3 is 15.0 Å². The van der Waals surface area contributed by atoms with Crippen molar-refractivity contribution in [1.82, 2.24) is 10.2 Å². The van der Waals surface area contributed by atoms with Crippen LogP contribution in [0.3, 0.4) is 0 Å². The summed E-state index contributed by atoms with van der Waals surface area (Å²) in [5.74, 6) is -0.207. The molecule has 1 atom stereocenters. The fraction of sp³-hybridized carbons (Fsp3) is 0.333. The summed E-state index contributed by atoms with van der Waals surface area (Å²) >= 11 is 0. The Labute approximate surface area is 231 Å². The number of carbonyl (C=O) groups is 2. The highest BCUT2D eigenvalue weighted by Crippen LogP contribution is 2.25. The number of rotatable bonds is 13. The molecule has 3 rings (SSSR count). The van der Waals surface area contributed by atoms with Crippen molar-refractivity contribution in [2.24, 2.45) is 0 Å². The Balaban J connectivity index is 1.98. The zero-order valence-corrected chi connectivity index (χ0v) is 23.7. The van der Waals surface area contributed by atoms with Crippen molar-refractivity contribution >= 4 is 27.5 Å². The van der Waals surface area contributed by atoms with E-state index in [4.69, 9.17) is 4.74 Å². The van der Waals surface area contributed by atoms with Crippen molar-refractivity contribution in [3.63, 3.8) is 0 Å². The third kappa shape index (κ3) is 7.83. The van der Waals surface area contributed by atoms with Crippen LogP contribution in [0.2, 0.25) is 0 Å². The fourth-order valence-electron chi connectivity index (χ4n) is 4.27. The standard InChI is InChI=1S/C30H37N3O5S/c1-5-28(30(35)31-23(2)3)32(21-20-24-12-8-6-9-13-24)29(34)22-33(25-14-10-7-11-15-25)39(36,37)27-18-16-26(38-4)17-19-27/h6-19,23,28H,5,20-22H2,1-4H3,(H,31,35)/t28-/m1/s1. The third-order valence-corrected chi connectivity index (χ3v) is 8.06. The maximum absolute atomic E-state index is 13.9. The number of carbonyl (C=O) groups excluding carboxylic acids is 2. The van der Waals surface area contributed by atoms with Gasteiger partial charge in [-0.15, -0.1) is 0 Å². The fourth-order valence-corrected chi connectivity index (χ4v) is 5.69. The molecule has 0 aliphatic carbocycles. The number of amides is 2. The van der Waals surface area contributed by atoms with Crippen LogP contribution in [-0.2, 0) is 26.0 Å². The smallest absolute Gasteiger partial charge is 0.264 e. The van der Waals surface area contributed by atoms with E-state index in [0.717, 1.165) is 9.87 Å². The summed E-state index contributed by atoms with van der Waals surface area (Å²) in [6, 6.07) is 23.4. The van der Waals surface area contributed by atoms with Gasteiger partial charge in [0.2, 0.25) is 11.8 Å². The van der Waals surface area contributed by atoms with Gasteiger partial charge in [-0.05, 0) is 68.7 Å². The second kappa shape index (κ2) is 13.8. The summed E-state index contributed by atoms with van der Waals surface area (Å²) < 4.78 is 33.9. The van der Waals surface area contributed by atoms with Crippen LogP contribution in [0.4, 0.5) is 5.69 Å². The second-order valence-corrected chi connectivity index (χ2v) is 11.3.